The lowest BCUT2D eigenvalue weighted by Crippen LogP contribution is -2.06. The van der Waals surface area contributed by atoms with E-state index in [1.54, 1.807) is 0 Å². The summed E-state index contributed by atoms with van der Waals surface area (Å²) >= 11 is 12.0. The Morgan fingerprint density at radius 1 is 1.50 bits per heavy atom. The van der Waals surface area contributed by atoms with E-state index < -0.39 is 0 Å². The third kappa shape index (κ3) is 2.43. The number of hydrogen-bond acceptors (Lipinski definition) is 1. The van der Waals surface area contributed by atoms with Gasteiger partial charge >= 0.3 is 0 Å². The summed E-state index contributed by atoms with van der Waals surface area (Å²) in [5, 5.41) is 5.17. The Morgan fingerprint density at radius 2 is 2.14 bits per heavy atom. The van der Waals surface area contributed by atoms with Crippen molar-refractivity contribution in [2.75, 3.05) is 5.88 Å². The third-order valence-corrected chi connectivity index (χ3v) is 3.27. The molecule has 0 aromatic carbocycles. The summed E-state index contributed by atoms with van der Waals surface area (Å²) in [6.45, 7) is 4.17. The summed E-state index contributed by atoms with van der Waals surface area (Å²) in [5.74, 6) is 1.09. The van der Waals surface area contributed by atoms with Crippen LogP contribution in [0.3, 0.4) is 0 Å². The molecule has 1 heterocycles. The van der Waals surface area contributed by atoms with Gasteiger partial charge in [0.1, 0.15) is 0 Å². The molecule has 1 aromatic heterocycles. The Bertz CT molecular complexity index is 307. The molecule has 0 aliphatic carbocycles. The van der Waals surface area contributed by atoms with Crippen molar-refractivity contribution in [3.63, 3.8) is 0 Å². The highest BCUT2D eigenvalue weighted by Crippen LogP contribution is 2.23. The van der Waals surface area contributed by atoms with Gasteiger partial charge in [0.15, 0.2) is 0 Å². The second-order valence-corrected chi connectivity index (χ2v) is 4.33. The van der Waals surface area contributed by atoms with E-state index >= 15 is 0 Å². The van der Waals surface area contributed by atoms with Crippen LogP contribution < -0.4 is 0 Å². The van der Waals surface area contributed by atoms with Gasteiger partial charge in [0, 0.05) is 12.9 Å². The van der Waals surface area contributed by atoms with Crippen LogP contribution in [-0.2, 0) is 19.9 Å². The molecular formula is C10H16Cl2N2. The predicted octanol–water partition coefficient (Wildman–Crippen LogP) is 3.05. The normalized spacial score (nSPS) is 13.2. The highest BCUT2D eigenvalue weighted by Gasteiger charge is 2.14. The maximum absolute atomic E-state index is 6.20. The van der Waals surface area contributed by atoms with Gasteiger partial charge in [-0.25, -0.2) is 0 Å². The molecule has 0 aliphatic rings. The fourth-order valence-corrected chi connectivity index (χ4v) is 1.91. The Kier molecular flexibility index (Phi) is 4.27. The van der Waals surface area contributed by atoms with E-state index in [1.807, 2.05) is 11.7 Å². The van der Waals surface area contributed by atoms with Crippen LogP contribution in [0.1, 0.15) is 25.2 Å². The van der Waals surface area contributed by atoms with Crippen LogP contribution in [0, 0.1) is 5.92 Å². The van der Waals surface area contributed by atoms with Crippen LogP contribution in [0.4, 0.5) is 0 Å². The van der Waals surface area contributed by atoms with Crippen LogP contribution in [0.15, 0.2) is 0 Å². The highest BCUT2D eigenvalue weighted by atomic mass is 35.5. The quantitative estimate of drug-likeness (QED) is 0.733. The highest BCUT2D eigenvalue weighted by molar-refractivity contribution is 6.31. The van der Waals surface area contributed by atoms with Gasteiger partial charge in [-0.3, -0.25) is 4.68 Å². The van der Waals surface area contributed by atoms with Crippen molar-refractivity contribution in [1.82, 2.24) is 9.78 Å². The standard InChI is InChI=1S/C10H16Cl2N2/c1-4-8-10(12)9(14(3)13-8)5-7(2)6-11/h7H,4-6H2,1-3H3. The number of hydrogen-bond donors (Lipinski definition) is 0. The van der Waals surface area contributed by atoms with Crippen molar-refractivity contribution >= 4 is 23.2 Å². The van der Waals surface area contributed by atoms with Crippen molar-refractivity contribution in [2.45, 2.75) is 26.7 Å². The monoisotopic (exact) mass is 234 g/mol. The molecule has 1 atom stereocenters. The molecule has 4 heteroatoms. The Balaban J connectivity index is 2.90. The third-order valence-electron chi connectivity index (χ3n) is 2.31. The minimum atomic E-state index is 0.439. The van der Waals surface area contributed by atoms with Gasteiger partial charge < -0.3 is 0 Å². The number of nitrogens with zero attached hydrogens (tertiary/aromatic N) is 2. The Morgan fingerprint density at radius 3 is 2.57 bits per heavy atom. The molecule has 1 rings (SSSR count). The molecule has 0 aliphatic heterocycles. The Labute approximate surface area is 95.2 Å². The van der Waals surface area contributed by atoms with Crippen molar-refractivity contribution < 1.29 is 0 Å². The molecule has 0 N–H and O–H groups in total. The summed E-state index contributed by atoms with van der Waals surface area (Å²) in [4.78, 5) is 0. The molecular weight excluding hydrogens is 219 g/mol. The minimum absolute atomic E-state index is 0.439. The molecule has 0 saturated carbocycles. The van der Waals surface area contributed by atoms with Gasteiger partial charge in [-0.2, -0.15) is 5.10 Å². The summed E-state index contributed by atoms with van der Waals surface area (Å²) in [5.41, 5.74) is 2.07. The second kappa shape index (κ2) is 5.04. The van der Waals surface area contributed by atoms with Crippen LogP contribution in [-0.4, -0.2) is 15.7 Å². The van der Waals surface area contributed by atoms with Gasteiger partial charge in [0.2, 0.25) is 0 Å². The van der Waals surface area contributed by atoms with E-state index in [4.69, 9.17) is 23.2 Å². The molecule has 80 valence electrons. The first-order valence-electron chi connectivity index (χ1n) is 4.86. The SMILES string of the molecule is CCc1nn(C)c(CC(C)CCl)c1Cl. The van der Waals surface area contributed by atoms with Crippen molar-refractivity contribution in [3.8, 4) is 0 Å². The summed E-state index contributed by atoms with van der Waals surface area (Å²) < 4.78 is 1.87. The average molecular weight is 235 g/mol. The van der Waals surface area contributed by atoms with Gasteiger partial charge in [-0.1, -0.05) is 25.4 Å². The predicted molar refractivity (Wildman–Crippen MR) is 61.2 cm³/mol. The number of rotatable bonds is 4. The largest absolute Gasteiger partial charge is 0.271 e. The smallest absolute Gasteiger partial charge is 0.0849 e. The maximum Gasteiger partial charge on any atom is 0.0849 e. The lowest BCUT2D eigenvalue weighted by atomic mass is 10.1. The molecule has 0 radical (unpaired) electrons. The lowest BCUT2D eigenvalue weighted by molar-refractivity contribution is 0.599. The van der Waals surface area contributed by atoms with Gasteiger partial charge in [-0.15, -0.1) is 11.6 Å². The van der Waals surface area contributed by atoms with E-state index in [0.29, 0.717) is 11.8 Å². The molecule has 0 fully saturated rings. The molecule has 0 amide bonds. The topological polar surface area (TPSA) is 17.8 Å². The molecule has 0 spiro atoms. The first kappa shape index (κ1) is 11.9. The average Bonchev–Trinajstić information content (AvgIpc) is 2.44. The van der Waals surface area contributed by atoms with E-state index in [0.717, 1.165) is 29.3 Å². The van der Waals surface area contributed by atoms with Crippen LogP contribution >= 0.6 is 23.2 Å². The van der Waals surface area contributed by atoms with Crippen molar-refractivity contribution in [2.24, 2.45) is 13.0 Å². The van der Waals surface area contributed by atoms with Crippen LogP contribution in [0.5, 0.6) is 0 Å². The number of alkyl halides is 1. The zero-order valence-electron chi connectivity index (χ0n) is 8.85. The molecule has 1 unspecified atom stereocenters. The van der Waals surface area contributed by atoms with Gasteiger partial charge in [0.25, 0.3) is 0 Å². The maximum atomic E-state index is 6.20. The van der Waals surface area contributed by atoms with E-state index in [-0.39, 0.29) is 0 Å². The number of aromatic nitrogens is 2. The molecule has 0 bridgehead atoms. The fourth-order valence-electron chi connectivity index (χ4n) is 1.43. The van der Waals surface area contributed by atoms with Gasteiger partial charge in [-0.05, 0) is 18.8 Å². The van der Waals surface area contributed by atoms with E-state index in [2.05, 4.69) is 18.9 Å². The first-order chi connectivity index (χ1) is 6.60. The number of aryl methyl sites for hydroxylation is 2. The molecule has 1 aromatic rings. The van der Waals surface area contributed by atoms with Crippen LogP contribution in [0.2, 0.25) is 5.02 Å². The zero-order valence-corrected chi connectivity index (χ0v) is 10.4. The zero-order chi connectivity index (χ0) is 10.7. The Hall–Kier alpha value is -0.210. The van der Waals surface area contributed by atoms with Crippen molar-refractivity contribution in [3.05, 3.63) is 16.4 Å². The van der Waals surface area contributed by atoms with E-state index in [9.17, 15) is 0 Å². The summed E-state index contributed by atoms with van der Waals surface area (Å²) in [7, 11) is 1.93. The summed E-state index contributed by atoms with van der Waals surface area (Å²) in [6, 6.07) is 0. The number of halogens is 2. The minimum Gasteiger partial charge on any atom is -0.271 e. The van der Waals surface area contributed by atoms with Crippen molar-refractivity contribution in [1.29, 1.82) is 0 Å². The molecule has 14 heavy (non-hydrogen) atoms. The molecule has 2 nitrogen and oxygen atoms in total. The lowest BCUT2D eigenvalue weighted by Gasteiger charge is -2.07. The van der Waals surface area contributed by atoms with Crippen LogP contribution in [0.25, 0.3) is 0 Å². The molecule has 0 saturated heterocycles. The second-order valence-electron chi connectivity index (χ2n) is 3.65. The summed E-state index contributed by atoms with van der Waals surface area (Å²) in [6.07, 6.45) is 1.77. The first-order valence-corrected chi connectivity index (χ1v) is 5.77. The fraction of sp³-hybridized carbons (Fsp3) is 0.700. The van der Waals surface area contributed by atoms with Gasteiger partial charge in [0.05, 0.1) is 16.4 Å². The van der Waals surface area contributed by atoms with E-state index in [1.165, 1.54) is 0 Å².